The minimum Gasteiger partial charge on any atom is -0.0702 e. The fourth-order valence-corrected chi connectivity index (χ4v) is 0.663. The maximum Gasteiger partial charge on any atom is -0.00316 e. The third-order valence-corrected chi connectivity index (χ3v) is 1.22. The monoisotopic (exact) mass is 176 g/mol. The molecular formula is C14H8. The molecule has 0 nitrogen and oxygen atoms in total. The Kier molecular flexibility index (Phi) is 5.07. The standard InChI is InChI=1S/C14H8/c1-2-4-6-8-10-12-14-13-11-9-7-5-3-1/h1-4,9-12H. The predicted octanol–water partition coefficient (Wildman–Crippen LogP) is 2.74. The van der Waals surface area contributed by atoms with Crippen LogP contribution in [0, 0.1) is 36.4 Å². The minimum atomic E-state index is 1.71. The first kappa shape index (κ1) is 9.73. The van der Waals surface area contributed by atoms with Crippen molar-refractivity contribution in [2.75, 3.05) is 0 Å². The summed E-state index contributed by atoms with van der Waals surface area (Å²) in [6.45, 7) is 0. The third-order valence-electron chi connectivity index (χ3n) is 1.22. The Morgan fingerprint density at radius 1 is 0.357 bits per heavy atom. The first-order valence-corrected chi connectivity index (χ1v) is 4.15. The Hall–Kier alpha value is -2.36. The van der Waals surface area contributed by atoms with E-state index in [-0.39, 0.29) is 0 Å². The summed E-state index contributed by atoms with van der Waals surface area (Å²) >= 11 is 0. The molecule has 64 valence electrons. The number of hydrogen-bond donors (Lipinski definition) is 0. The normalized spacial score (nSPS) is 6.29. The molecule has 0 aliphatic rings. The molecule has 0 amide bonds. The van der Waals surface area contributed by atoms with Gasteiger partial charge in [-0.3, -0.25) is 0 Å². The number of rotatable bonds is 0. The highest BCUT2D eigenvalue weighted by Gasteiger charge is 1.52. The lowest BCUT2D eigenvalue weighted by Crippen LogP contribution is -1.41. The van der Waals surface area contributed by atoms with Crippen LogP contribution in [0.5, 0.6) is 0 Å². The molecule has 1 aromatic carbocycles. The second kappa shape index (κ2) is 7.30. The van der Waals surface area contributed by atoms with E-state index in [0.29, 0.717) is 0 Å². The highest BCUT2D eigenvalue weighted by Crippen LogP contribution is 1.69. The Bertz CT molecular complexity index is 213. The molecule has 0 heteroatoms. The third kappa shape index (κ3) is 5.31. The van der Waals surface area contributed by atoms with Crippen LogP contribution in [0.15, 0.2) is 48.5 Å². The molecule has 0 aliphatic carbocycles. The summed E-state index contributed by atoms with van der Waals surface area (Å²) in [7, 11) is 0. The molecule has 0 aromatic heterocycles. The molecule has 0 bridgehead atoms. The first-order valence-electron chi connectivity index (χ1n) is 4.15. The van der Waals surface area contributed by atoms with Crippen molar-refractivity contribution in [1.29, 1.82) is 0 Å². The van der Waals surface area contributed by atoms with Crippen molar-refractivity contribution >= 4 is 0 Å². The topological polar surface area (TPSA) is 0 Å². The van der Waals surface area contributed by atoms with Gasteiger partial charge in [-0.1, -0.05) is 48.5 Å². The summed E-state index contributed by atoms with van der Waals surface area (Å²) in [5, 5.41) is 0. The van der Waals surface area contributed by atoms with Crippen LogP contribution in [-0.2, 0) is 0 Å². The van der Waals surface area contributed by atoms with E-state index in [1.54, 1.807) is 36.4 Å². The van der Waals surface area contributed by atoms with Crippen LogP contribution in [-0.4, -0.2) is 0 Å². The van der Waals surface area contributed by atoms with Crippen molar-refractivity contribution in [2.24, 2.45) is 0 Å². The van der Waals surface area contributed by atoms with Gasteiger partial charge in [-0.25, -0.2) is 0 Å². The van der Waals surface area contributed by atoms with Gasteiger partial charge in [0.15, 0.2) is 0 Å². The van der Waals surface area contributed by atoms with Gasteiger partial charge in [-0.2, -0.15) is 0 Å². The summed E-state index contributed by atoms with van der Waals surface area (Å²) in [5.74, 6) is 0. The van der Waals surface area contributed by atoms with Crippen molar-refractivity contribution in [3.63, 3.8) is 0 Å². The van der Waals surface area contributed by atoms with E-state index < -0.39 is 0 Å². The maximum absolute atomic E-state index is 2.84. The van der Waals surface area contributed by atoms with Gasteiger partial charge in [0.1, 0.15) is 0 Å². The van der Waals surface area contributed by atoms with E-state index in [1.165, 1.54) is 0 Å². The Morgan fingerprint density at radius 2 is 0.643 bits per heavy atom. The molecule has 0 aliphatic heterocycles. The maximum atomic E-state index is 2.84. The lowest BCUT2D eigenvalue weighted by Gasteiger charge is -1.58. The average molecular weight is 176 g/mol. The van der Waals surface area contributed by atoms with Gasteiger partial charge >= 0.3 is 0 Å². The minimum absolute atomic E-state index is 1.71. The summed E-state index contributed by atoms with van der Waals surface area (Å²) in [5.41, 5.74) is 0. The molecule has 0 radical (unpaired) electrons. The summed E-state index contributed by atoms with van der Waals surface area (Å²) in [4.78, 5) is 0. The van der Waals surface area contributed by atoms with E-state index in [9.17, 15) is 0 Å². The highest BCUT2D eigenvalue weighted by molar-refractivity contribution is 4.88. The van der Waals surface area contributed by atoms with Crippen molar-refractivity contribution in [2.45, 2.75) is 0 Å². The van der Waals surface area contributed by atoms with Gasteiger partial charge in [0.25, 0.3) is 0 Å². The van der Waals surface area contributed by atoms with Gasteiger partial charge in [0.2, 0.25) is 0 Å². The van der Waals surface area contributed by atoms with Gasteiger partial charge in [0.05, 0.1) is 0 Å². The second-order valence-electron chi connectivity index (χ2n) is 2.25. The van der Waals surface area contributed by atoms with Crippen LogP contribution < -0.4 is 0 Å². The smallest absolute Gasteiger partial charge is 0.00316 e. The van der Waals surface area contributed by atoms with E-state index in [4.69, 9.17) is 0 Å². The van der Waals surface area contributed by atoms with E-state index in [0.717, 1.165) is 0 Å². The van der Waals surface area contributed by atoms with E-state index in [1.807, 2.05) is 12.1 Å². The summed E-state index contributed by atoms with van der Waals surface area (Å²) < 4.78 is 0. The lowest BCUT2D eigenvalue weighted by atomic mass is 10.5. The number of hydrogen-bond acceptors (Lipinski definition) is 0. The zero-order valence-corrected chi connectivity index (χ0v) is 7.62. The van der Waals surface area contributed by atoms with Crippen molar-refractivity contribution in [3.8, 4) is 0 Å². The summed E-state index contributed by atoms with van der Waals surface area (Å²) in [6.07, 6.45) is 0. The lowest BCUT2D eigenvalue weighted by molar-refractivity contribution is 1.77. The molecule has 1 rings (SSSR count). The second-order valence-corrected chi connectivity index (χ2v) is 2.25. The molecule has 0 atom stereocenters. The van der Waals surface area contributed by atoms with Crippen molar-refractivity contribution in [1.82, 2.24) is 0 Å². The van der Waals surface area contributed by atoms with E-state index >= 15 is 0 Å². The zero-order valence-electron chi connectivity index (χ0n) is 7.62. The molecule has 0 heterocycles. The fourth-order valence-electron chi connectivity index (χ4n) is 0.663. The molecule has 0 saturated heterocycles. The van der Waals surface area contributed by atoms with Crippen LogP contribution in [0.3, 0.4) is 0 Å². The average Bonchev–Trinajstić information content (AvgIpc) is 2.22. The van der Waals surface area contributed by atoms with Crippen LogP contribution in [0.1, 0.15) is 0 Å². The molecule has 0 fully saturated rings. The predicted molar refractivity (Wildman–Crippen MR) is 54.7 cm³/mol. The van der Waals surface area contributed by atoms with Crippen LogP contribution in [0.2, 0.25) is 0 Å². The van der Waals surface area contributed by atoms with Crippen molar-refractivity contribution < 1.29 is 0 Å². The first-order chi connectivity index (χ1) is 7.00. The molecule has 14 heavy (non-hydrogen) atoms. The summed E-state index contributed by atoms with van der Waals surface area (Å²) in [6, 6.07) is 31.0. The van der Waals surface area contributed by atoms with Crippen LogP contribution in [0.4, 0.5) is 0 Å². The largest absolute Gasteiger partial charge is 0.0702 e. The fraction of sp³-hybridized carbons (Fsp3) is 0. The highest BCUT2D eigenvalue weighted by atomic mass is 13.6. The molecule has 0 unspecified atom stereocenters. The van der Waals surface area contributed by atoms with Crippen LogP contribution in [0.25, 0.3) is 0 Å². The molecular weight excluding hydrogens is 168 g/mol. The molecule has 0 saturated carbocycles. The molecule has 0 spiro atoms. The SMILES string of the molecule is c1ccc#cccccc#cccc#1. The van der Waals surface area contributed by atoms with Gasteiger partial charge in [-0.15, -0.1) is 0 Å². The van der Waals surface area contributed by atoms with Gasteiger partial charge in [-0.05, 0) is 36.4 Å². The Labute approximate surface area is 85.5 Å². The van der Waals surface area contributed by atoms with Gasteiger partial charge < -0.3 is 0 Å². The van der Waals surface area contributed by atoms with Crippen LogP contribution >= 0.6 is 0 Å². The Morgan fingerprint density at radius 3 is 1.00 bits per heavy atom. The molecule has 1 aromatic rings. The quantitative estimate of drug-likeness (QED) is 0.570. The molecule has 0 N–H and O–H groups in total. The Balaban J connectivity index is 3.00. The van der Waals surface area contributed by atoms with Gasteiger partial charge in [0, 0.05) is 0 Å². The van der Waals surface area contributed by atoms with E-state index in [2.05, 4.69) is 36.4 Å². The zero-order chi connectivity index (χ0) is 9.90. The van der Waals surface area contributed by atoms with Crippen molar-refractivity contribution in [3.05, 3.63) is 84.9 Å².